The molecular weight excluding hydrogens is 564 g/mol. The third-order valence-corrected chi connectivity index (χ3v) is 9.44. The van der Waals surface area contributed by atoms with E-state index in [1.807, 2.05) is 82.6 Å². The van der Waals surface area contributed by atoms with Crippen molar-refractivity contribution in [2.24, 2.45) is 11.3 Å². The van der Waals surface area contributed by atoms with Gasteiger partial charge >= 0.3 is 0 Å². The minimum atomic E-state index is -0.974. The number of benzene rings is 3. The highest BCUT2D eigenvalue weighted by Crippen LogP contribution is 2.53. The second-order valence-electron chi connectivity index (χ2n) is 12.5. The van der Waals surface area contributed by atoms with Crippen LogP contribution < -0.4 is 4.90 Å². The normalized spacial score (nSPS) is 23.3. The summed E-state index contributed by atoms with van der Waals surface area (Å²) in [5.74, 6) is -0.122. The molecule has 1 aliphatic heterocycles. The van der Waals surface area contributed by atoms with E-state index in [-0.39, 0.29) is 17.1 Å². The molecule has 0 aromatic heterocycles. The number of nitrogens with zero attached hydrogens (tertiary/aromatic N) is 4. The van der Waals surface area contributed by atoms with Crippen LogP contribution in [0.5, 0.6) is 0 Å². The Morgan fingerprint density at radius 3 is 2.07 bits per heavy atom. The van der Waals surface area contributed by atoms with Gasteiger partial charge < -0.3 is 9.64 Å². The molecule has 1 saturated heterocycles. The molecule has 1 aliphatic carbocycles. The first kappa shape index (κ1) is 32.0. The van der Waals surface area contributed by atoms with Gasteiger partial charge in [-0.3, -0.25) is 0 Å². The van der Waals surface area contributed by atoms with Crippen molar-refractivity contribution in [2.45, 2.75) is 31.3 Å². The van der Waals surface area contributed by atoms with E-state index in [2.05, 4.69) is 96.0 Å². The van der Waals surface area contributed by atoms with Gasteiger partial charge in [0.2, 0.25) is 0 Å². The Morgan fingerprint density at radius 1 is 0.848 bits per heavy atom. The monoisotopic (exact) mass is 602 g/mol. The molecule has 3 unspecified atom stereocenters. The van der Waals surface area contributed by atoms with Gasteiger partial charge in [0.05, 0.1) is 22.7 Å². The van der Waals surface area contributed by atoms with Crippen molar-refractivity contribution in [1.82, 2.24) is 0 Å². The van der Waals surface area contributed by atoms with Crippen LogP contribution in [0, 0.1) is 45.3 Å². The molecule has 0 spiro atoms. The van der Waals surface area contributed by atoms with Gasteiger partial charge in [-0.05, 0) is 54.7 Å². The van der Waals surface area contributed by atoms with Gasteiger partial charge in [0.1, 0.15) is 17.7 Å². The topological polar surface area (TPSA) is 83.8 Å². The van der Waals surface area contributed by atoms with Crippen LogP contribution in [0.25, 0.3) is 11.6 Å². The summed E-state index contributed by atoms with van der Waals surface area (Å²) in [5, 5.41) is 30.1. The van der Waals surface area contributed by atoms with Gasteiger partial charge in [-0.15, -0.1) is 0 Å². The summed E-state index contributed by atoms with van der Waals surface area (Å²) in [7, 11) is 4.06. The summed E-state index contributed by atoms with van der Waals surface area (Å²) >= 11 is 0. The Hall–Kier alpha value is -5.41. The molecule has 5 heteroatoms. The van der Waals surface area contributed by atoms with Crippen LogP contribution in [0.1, 0.15) is 37.0 Å². The number of anilines is 1. The summed E-state index contributed by atoms with van der Waals surface area (Å²) in [6, 6.07) is 35.3. The maximum Gasteiger partial charge on any atom is 0.144 e. The SMILES string of the molecule is CN(C)c1ccc(C=CC2C=C(c3ccccc3)C=CC2(C=CC2(C(C#N)=C(C#N)C#N)CCOC2(C)C)c2ccccc2)cc1. The second-order valence-corrected chi connectivity index (χ2v) is 12.5. The maximum absolute atomic E-state index is 10.4. The minimum absolute atomic E-state index is 0.122. The Morgan fingerprint density at radius 2 is 1.50 bits per heavy atom. The number of rotatable bonds is 8. The highest BCUT2D eigenvalue weighted by Gasteiger charge is 2.53. The molecule has 1 heterocycles. The van der Waals surface area contributed by atoms with Crippen LogP contribution >= 0.6 is 0 Å². The smallest absolute Gasteiger partial charge is 0.144 e. The standard InChI is InChI=1S/C41H38N4O/c1-39(2)41(25-26-46-39,38(30-44)34(28-42)29-43)24-23-40(35-13-9-6-10-14-35)22-21-33(32-11-7-5-8-12-32)27-36(40)18-15-31-16-19-37(20-17-31)45(3)4/h5-24,27,36H,25-26H2,1-4H3. The van der Waals surface area contributed by atoms with E-state index in [1.54, 1.807) is 0 Å². The van der Waals surface area contributed by atoms with Crippen LogP contribution in [0.2, 0.25) is 0 Å². The Kier molecular flexibility index (Phi) is 9.25. The van der Waals surface area contributed by atoms with E-state index >= 15 is 0 Å². The van der Waals surface area contributed by atoms with Crippen LogP contribution in [-0.4, -0.2) is 26.3 Å². The molecule has 0 amide bonds. The molecule has 5 rings (SSSR count). The van der Waals surface area contributed by atoms with Crippen molar-refractivity contribution in [3.63, 3.8) is 0 Å². The summed E-state index contributed by atoms with van der Waals surface area (Å²) in [4.78, 5) is 2.08. The lowest BCUT2D eigenvalue weighted by Crippen LogP contribution is -2.41. The average molecular weight is 603 g/mol. The number of ether oxygens (including phenoxy) is 1. The number of nitriles is 3. The van der Waals surface area contributed by atoms with Crippen molar-refractivity contribution in [3.8, 4) is 18.2 Å². The zero-order chi connectivity index (χ0) is 32.8. The molecular formula is C41H38N4O. The predicted molar refractivity (Wildman–Crippen MR) is 185 cm³/mol. The molecule has 46 heavy (non-hydrogen) atoms. The lowest BCUT2D eigenvalue weighted by Gasteiger charge is -2.41. The van der Waals surface area contributed by atoms with Crippen molar-refractivity contribution in [3.05, 3.63) is 149 Å². The molecule has 0 N–H and O–H groups in total. The number of hydrogen-bond donors (Lipinski definition) is 0. The molecule has 0 radical (unpaired) electrons. The molecule has 3 aromatic carbocycles. The quantitative estimate of drug-likeness (QED) is 0.190. The predicted octanol–water partition coefficient (Wildman–Crippen LogP) is 8.58. The van der Waals surface area contributed by atoms with Gasteiger partial charge in [-0.2, -0.15) is 15.8 Å². The van der Waals surface area contributed by atoms with Gasteiger partial charge in [-0.1, -0.05) is 115 Å². The Bertz CT molecular complexity index is 1830. The molecule has 0 saturated carbocycles. The maximum atomic E-state index is 10.4. The van der Waals surface area contributed by atoms with E-state index in [4.69, 9.17) is 4.74 Å². The lowest BCUT2D eigenvalue weighted by molar-refractivity contribution is -0.00108. The molecule has 0 bridgehead atoms. The van der Waals surface area contributed by atoms with Gasteiger partial charge in [0.25, 0.3) is 0 Å². The minimum Gasteiger partial charge on any atom is -0.378 e. The lowest BCUT2D eigenvalue weighted by atomic mass is 9.62. The second kappa shape index (κ2) is 13.3. The average Bonchev–Trinajstić information content (AvgIpc) is 3.39. The summed E-state index contributed by atoms with van der Waals surface area (Å²) in [6.07, 6.45) is 15.8. The first-order chi connectivity index (χ1) is 22.2. The molecule has 1 fully saturated rings. The molecule has 2 aliphatic rings. The molecule has 228 valence electrons. The van der Waals surface area contributed by atoms with Crippen LogP contribution in [0.4, 0.5) is 5.69 Å². The Labute approximate surface area is 273 Å². The number of allylic oxidation sites excluding steroid dienone is 7. The Balaban J connectivity index is 1.73. The van der Waals surface area contributed by atoms with Gasteiger partial charge in [0, 0.05) is 37.7 Å². The van der Waals surface area contributed by atoms with Gasteiger partial charge in [0.15, 0.2) is 0 Å². The van der Waals surface area contributed by atoms with E-state index in [0.717, 1.165) is 28.0 Å². The fourth-order valence-corrected chi connectivity index (χ4v) is 6.63. The molecule has 5 nitrogen and oxygen atoms in total. The fraction of sp³-hybridized carbons (Fsp3) is 0.244. The van der Waals surface area contributed by atoms with Crippen LogP contribution in [0.3, 0.4) is 0 Å². The fourth-order valence-electron chi connectivity index (χ4n) is 6.63. The summed E-state index contributed by atoms with van der Waals surface area (Å²) < 4.78 is 6.19. The highest BCUT2D eigenvalue weighted by molar-refractivity contribution is 5.77. The molecule has 3 atom stereocenters. The van der Waals surface area contributed by atoms with E-state index in [9.17, 15) is 15.8 Å². The van der Waals surface area contributed by atoms with Crippen LogP contribution in [-0.2, 0) is 10.2 Å². The van der Waals surface area contributed by atoms with E-state index < -0.39 is 16.4 Å². The van der Waals surface area contributed by atoms with Crippen molar-refractivity contribution in [1.29, 1.82) is 15.8 Å². The zero-order valence-electron chi connectivity index (χ0n) is 26.8. The van der Waals surface area contributed by atoms with Crippen molar-refractivity contribution >= 4 is 17.3 Å². The zero-order valence-corrected chi connectivity index (χ0v) is 26.8. The third-order valence-electron chi connectivity index (χ3n) is 9.44. The summed E-state index contributed by atoms with van der Waals surface area (Å²) in [5.41, 5.74) is 3.07. The van der Waals surface area contributed by atoms with E-state index in [1.165, 1.54) is 0 Å². The van der Waals surface area contributed by atoms with Gasteiger partial charge in [-0.25, -0.2) is 0 Å². The first-order valence-electron chi connectivity index (χ1n) is 15.5. The van der Waals surface area contributed by atoms with Crippen LogP contribution in [0.15, 0.2) is 133 Å². The first-order valence-corrected chi connectivity index (χ1v) is 15.5. The highest BCUT2D eigenvalue weighted by atomic mass is 16.5. The van der Waals surface area contributed by atoms with E-state index in [0.29, 0.717) is 13.0 Å². The van der Waals surface area contributed by atoms with Crippen molar-refractivity contribution in [2.75, 3.05) is 25.6 Å². The third kappa shape index (κ3) is 5.97. The largest absolute Gasteiger partial charge is 0.378 e. The summed E-state index contributed by atoms with van der Waals surface area (Å²) in [6.45, 7) is 4.27. The number of hydrogen-bond acceptors (Lipinski definition) is 5. The van der Waals surface area contributed by atoms with Crippen molar-refractivity contribution < 1.29 is 4.74 Å². The molecule has 3 aromatic rings.